The first-order valence-electron chi connectivity index (χ1n) is 2.83. The van der Waals surface area contributed by atoms with Gasteiger partial charge >= 0.3 is 0 Å². The SMILES string of the molecule is [CH2]CCC(OC)C(N)=O. The van der Waals surface area contributed by atoms with E-state index in [9.17, 15) is 4.79 Å². The molecule has 53 valence electrons. The Morgan fingerprint density at radius 1 is 1.89 bits per heavy atom. The summed E-state index contributed by atoms with van der Waals surface area (Å²) in [7, 11) is 1.46. The zero-order chi connectivity index (χ0) is 7.28. The van der Waals surface area contributed by atoms with Crippen LogP contribution in [0.5, 0.6) is 0 Å². The van der Waals surface area contributed by atoms with E-state index in [0.29, 0.717) is 12.8 Å². The molecular weight excluding hydrogens is 118 g/mol. The van der Waals surface area contributed by atoms with Crippen molar-refractivity contribution in [2.45, 2.75) is 18.9 Å². The van der Waals surface area contributed by atoms with Crippen molar-refractivity contribution in [1.29, 1.82) is 0 Å². The van der Waals surface area contributed by atoms with E-state index in [-0.39, 0.29) is 0 Å². The van der Waals surface area contributed by atoms with Crippen LogP contribution in [0.2, 0.25) is 0 Å². The minimum absolute atomic E-state index is 0.416. The Hall–Kier alpha value is -0.570. The van der Waals surface area contributed by atoms with Crippen LogP contribution in [0.25, 0.3) is 0 Å². The molecule has 1 amide bonds. The van der Waals surface area contributed by atoms with Crippen LogP contribution in [-0.2, 0) is 9.53 Å². The molecule has 0 bridgehead atoms. The maximum absolute atomic E-state index is 10.4. The van der Waals surface area contributed by atoms with Crippen LogP contribution >= 0.6 is 0 Å². The first kappa shape index (κ1) is 8.43. The van der Waals surface area contributed by atoms with Crippen LogP contribution in [0.1, 0.15) is 12.8 Å². The number of primary amides is 1. The maximum Gasteiger partial charge on any atom is 0.246 e. The smallest absolute Gasteiger partial charge is 0.246 e. The molecule has 9 heavy (non-hydrogen) atoms. The highest BCUT2D eigenvalue weighted by Crippen LogP contribution is 1.97. The van der Waals surface area contributed by atoms with Gasteiger partial charge in [0.2, 0.25) is 5.91 Å². The molecule has 0 aliphatic heterocycles. The van der Waals surface area contributed by atoms with Gasteiger partial charge in [-0.25, -0.2) is 0 Å². The number of hydrogen-bond donors (Lipinski definition) is 1. The second kappa shape index (κ2) is 4.32. The first-order chi connectivity index (χ1) is 4.22. The normalized spacial score (nSPS) is 13.1. The van der Waals surface area contributed by atoms with Gasteiger partial charge in [-0.3, -0.25) is 4.79 Å². The number of methoxy groups -OCH3 is 1. The minimum Gasteiger partial charge on any atom is -0.372 e. The average Bonchev–Trinajstić information content (AvgIpc) is 1.82. The van der Waals surface area contributed by atoms with E-state index in [4.69, 9.17) is 10.5 Å². The molecule has 0 aliphatic rings. The topological polar surface area (TPSA) is 52.3 Å². The van der Waals surface area contributed by atoms with Gasteiger partial charge in [0.05, 0.1) is 0 Å². The van der Waals surface area contributed by atoms with Gasteiger partial charge in [-0.05, 0) is 6.42 Å². The quantitative estimate of drug-likeness (QED) is 0.586. The fourth-order valence-corrected chi connectivity index (χ4v) is 0.562. The lowest BCUT2D eigenvalue weighted by Gasteiger charge is -2.07. The number of carbonyl (C=O) groups is 1. The van der Waals surface area contributed by atoms with Gasteiger partial charge in [0, 0.05) is 7.11 Å². The lowest BCUT2D eigenvalue weighted by atomic mass is 10.2. The summed E-state index contributed by atoms with van der Waals surface area (Å²) in [6, 6.07) is 0. The Bertz CT molecular complexity index is 93.1. The van der Waals surface area contributed by atoms with Gasteiger partial charge in [-0.2, -0.15) is 0 Å². The van der Waals surface area contributed by atoms with Gasteiger partial charge < -0.3 is 10.5 Å². The fraction of sp³-hybridized carbons (Fsp3) is 0.667. The predicted molar refractivity (Wildman–Crippen MR) is 34.6 cm³/mol. The monoisotopic (exact) mass is 130 g/mol. The van der Waals surface area contributed by atoms with Gasteiger partial charge in [0.15, 0.2) is 0 Å². The molecule has 0 spiro atoms. The molecule has 1 radical (unpaired) electrons. The Labute approximate surface area is 55.2 Å². The van der Waals surface area contributed by atoms with Gasteiger partial charge in [0.1, 0.15) is 6.10 Å². The summed E-state index contributed by atoms with van der Waals surface area (Å²) in [4.78, 5) is 10.4. The summed E-state index contributed by atoms with van der Waals surface area (Å²) in [5.41, 5.74) is 4.94. The van der Waals surface area contributed by atoms with E-state index >= 15 is 0 Å². The van der Waals surface area contributed by atoms with Crippen molar-refractivity contribution in [2.75, 3.05) is 7.11 Å². The predicted octanol–water partition coefficient (Wildman–Crippen LogP) is 0.101. The molecule has 3 heteroatoms. The van der Waals surface area contributed by atoms with Crippen LogP contribution in [-0.4, -0.2) is 19.1 Å². The lowest BCUT2D eigenvalue weighted by Crippen LogP contribution is -2.29. The minimum atomic E-state index is -0.456. The Kier molecular flexibility index (Phi) is 4.05. The highest BCUT2D eigenvalue weighted by molar-refractivity contribution is 5.78. The summed E-state index contributed by atoms with van der Waals surface area (Å²) in [5.74, 6) is -0.416. The molecule has 1 unspecified atom stereocenters. The number of carbonyl (C=O) groups excluding carboxylic acids is 1. The molecule has 0 rings (SSSR count). The van der Waals surface area contributed by atoms with Crippen molar-refractivity contribution in [3.8, 4) is 0 Å². The van der Waals surface area contributed by atoms with Gasteiger partial charge in [-0.1, -0.05) is 13.3 Å². The highest BCUT2D eigenvalue weighted by atomic mass is 16.5. The van der Waals surface area contributed by atoms with Crippen molar-refractivity contribution in [3.05, 3.63) is 6.92 Å². The number of amides is 1. The molecule has 0 aliphatic carbocycles. The highest BCUT2D eigenvalue weighted by Gasteiger charge is 2.10. The summed E-state index contributed by atoms with van der Waals surface area (Å²) >= 11 is 0. The average molecular weight is 130 g/mol. The van der Waals surface area contributed by atoms with E-state index < -0.39 is 12.0 Å². The van der Waals surface area contributed by atoms with Crippen LogP contribution in [0, 0.1) is 6.92 Å². The van der Waals surface area contributed by atoms with Crippen molar-refractivity contribution in [2.24, 2.45) is 5.73 Å². The van der Waals surface area contributed by atoms with E-state index in [1.807, 2.05) is 0 Å². The number of nitrogens with two attached hydrogens (primary N) is 1. The molecule has 0 aromatic heterocycles. The molecule has 0 aromatic rings. The number of rotatable bonds is 4. The summed E-state index contributed by atoms with van der Waals surface area (Å²) in [6.07, 6.45) is 0.815. The van der Waals surface area contributed by atoms with Gasteiger partial charge in [-0.15, -0.1) is 0 Å². The molecule has 0 saturated carbocycles. The summed E-state index contributed by atoms with van der Waals surface area (Å²) in [5, 5.41) is 0. The Morgan fingerprint density at radius 3 is 2.56 bits per heavy atom. The van der Waals surface area contributed by atoms with Crippen molar-refractivity contribution in [1.82, 2.24) is 0 Å². The van der Waals surface area contributed by atoms with E-state index in [1.54, 1.807) is 0 Å². The molecule has 3 nitrogen and oxygen atoms in total. The standard InChI is InChI=1S/C6H12NO2/c1-3-4-5(9-2)6(7)8/h5H,1,3-4H2,2H3,(H2,7,8). The van der Waals surface area contributed by atoms with Crippen molar-refractivity contribution >= 4 is 5.91 Å². The molecule has 0 saturated heterocycles. The van der Waals surface area contributed by atoms with Gasteiger partial charge in [0.25, 0.3) is 0 Å². The molecular formula is C6H12NO2. The van der Waals surface area contributed by atoms with Crippen molar-refractivity contribution in [3.63, 3.8) is 0 Å². The largest absolute Gasteiger partial charge is 0.372 e. The summed E-state index contributed by atoms with van der Waals surface area (Å²) < 4.78 is 4.74. The zero-order valence-corrected chi connectivity index (χ0v) is 5.59. The molecule has 0 heterocycles. The van der Waals surface area contributed by atoms with E-state index in [0.717, 1.165) is 0 Å². The molecule has 0 aromatic carbocycles. The lowest BCUT2D eigenvalue weighted by molar-refractivity contribution is -0.127. The number of hydrogen-bond acceptors (Lipinski definition) is 2. The van der Waals surface area contributed by atoms with Crippen LogP contribution in [0.3, 0.4) is 0 Å². The Balaban J connectivity index is 3.54. The third kappa shape index (κ3) is 3.08. The summed E-state index contributed by atoms with van der Waals surface area (Å²) in [6.45, 7) is 3.57. The van der Waals surface area contributed by atoms with Crippen LogP contribution in [0.4, 0.5) is 0 Å². The fourth-order valence-electron chi connectivity index (χ4n) is 0.562. The van der Waals surface area contributed by atoms with E-state index in [1.165, 1.54) is 7.11 Å². The third-order valence-electron chi connectivity index (χ3n) is 1.07. The van der Waals surface area contributed by atoms with Crippen molar-refractivity contribution < 1.29 is 9.53 Å². The third-order valence-corrected chi connectivity index (χ3v) is 1.07. The molecule has 1 atom stereocenters. The van der Waals surface area contributed by atoms with Crippen LogP contribution < -0.4 is 5.73 Å². The maximum atomic E-state index is 10.4. The second-order valence-electron chi connectivity index (χ2n) is 1.77. The zero-order valence-electron chi connectivity index (χ0n) is 5.59. The van der Waals surface area contributed by atoms with Crippen LogP contribution in [0.15, 0.2) is 0 Å². The Morgan fingerprint density at radius 2 is 2.44 bits per heavy atom. The number of ether oxygens (including phenoxy) is 1. The molecule has 0 fully saturated rings. The first-order valence-corrected chi connectivity index (χ1v) is 2.83. The van der Waals surface area contributed by atoms with E-state index in [2.05, 4.69) is 6.92 Å². The molecule has 2 N–H and O–H groups in total. The second-order valence-corrected chi connectivity index (χ2v) is 1.77.